The predicted octanol–water partition coefficient (Wildman–Crippen LogP) is 2.63. The van der Waals surface area contributed by atoms with Gasteiger partial charge in [-0.2, -0.15) is 0 Å². The molecule has 6 nitrogen and oxygen atoms in total. The number of carbonyl (C=O) groups excluding carboxylic acids is 2. The molecule has 7 heteroatoms. The number of hydrogen-bond donors (Lipinski definition) is 2. The minimum atomic E-state index is -0.235. The molecule has 1 aromatic carbocycles. The highest BCUT2D eigenvalue weighted by Gasteiger charge is 2.13. The number of aromatic nitrogens is 1. The van der Waals surface area contributed by atoms with Gasteiger partial charge in [0.25, 0.3) is 5.91 Å². The van der Waals surface area contributed by atoms with Gasteiger partial charge in [-0.3, -0.25) is 14.4 Å². The van der Waals surface area contributed by atoms with Crippen molar-refractivity contribution in [2.75, 3.05) is 11.9 Å². The maximum Gasteiger partial charge on any atom is 0.307 e. The number of benzene rings is 1. The molecule has 134 valence electrons. The zero-order chi connectivity index (χ0) is 18.4. The largest absolute Gasteiger partial charge is 0.352 e. The van der Waals surface area contributed by atoms with Crippen molar-refractivity contribution in [1.82, 2.24) is 9.88 Å². The number of rotatable bonds is 7. The summed E-state index contributed by atoms with van der Waals surface area (Å²) in [6.45, 7) is 6.76. The molecule has 1 heterocycles. The zero-order valence-corrected chi connectivity index (χ0v) is 15.5. The highest BCUT2D eigenvalue weighted by atomic mass is 32.1. The van der Waals surface area contributed by atoms with Crippen LogP contribution < -0.4 is 15.5 Å². The average Bonchev–Trinajstić information content (AvgIpc) is 2.89. The molecular weight excluding hydrogens is 338 g/mol. The Morgan fingerprint density at radius 2 is 1.96 bits per heavy atom. The molecule has 0 bridgehead atoms. The first-order chi connectivity index (χ1) is 11.9. The quantitative estimate of drug-likeness (QED) is 0.795. The molecule has 0 spiro atoms. The monoisotopic (exact) mass is 361 g/mol. The van der Waals surface area contributed by atoms with Gasteiger partial charge < -0.3 is 15.2 Å². The summed E-state index contributed by atoms with van der Waals surface area (Å²) in [7, 11) is 0. The van der Waals surface area contributed by atoms with Gasteiger partial charge in [-0.05, 0) is 25.0 Å². The molecule has 0 saturated carbocycles. The van der Waals surface area contributed by atoms with Crippen LogP contribution in [0.25, 0.3) is 0 Å². The van der Waals surface area contributed by atoms with Gasteiger partial charge in [0.2, 0.25) is 5.91 Å². The van der Waals surface area contributed by atoms with E-state index >= 15 is 0 Å². The molecule has 25 heavy (non-hydrogen) atoms. The highest BCUT2D eigenvalue weighted by Crippen LogP contribution is 2.15. The molecule has 2 N–H and O–H groups in total. The van der Waals surface area contributed by atoms with Crippen LogP contribution in [0.1, 0.15) is 36.3 Å². The maximum absolute atomic E-state index is 12.3. The molecule has 0 saturated heterocycles. The lowest BCUT2D eigenvalue weighted by molar-refractivity contribution is -0.116. The van der Waals surface area contributed by atoms with Crippen LogP contribution in [-0.4, -0.2) is 22.9 Å². The summed E-state index contributed by atoms with van der Waals surface area (Å²) in [6, 6.07) is 6.90. The van der Waals surface area contributed by atoms with Gasteiger partial charge in [0, 0.05) is 30.6 Å². The topological polar surface area (TPSA) is 80.2 Å². The average molecular weight is 361 g/mol. The standard InChI is InChI=1S/C18H23N3O3S/c1-12(2)10-19-17(23)14-6-4-5-7-15(14)20-16(22)8-9-21-13(3)11-25-18(21)24/h4-7,11-12H,8-10H2,1-3H3,(H,19,23)(H,20,22). The molecule has 0 fully saturated rings. The summed E-state index contributed by atoms with van der Waals surface area (Å²) in [5, 5.41) is 7.39. The lowest BCUT2D eigenvalue weighted by Crippen LogP contribution is -2.28. The second-order valence-electron chi connectivity index (χ2n) is 6.24. The fourth-order valence-corrected chi connectivity index (χ4v) is 3.04. The molecule has 1 aromatic heterocycles. The molecule has 0 aliphatic heterocycles. The van der Waals surface area contributed by atoms with E-state index in [1.807, 2.05) is 20.8 Å². The smallest absolute Gasteiger partial charge is 0.307 e. The number of nitrogens with zero attached hydrogens (tertiary/aromatic N) is 1. The van der Waals surface area contributed by atoms with Crippen LogP contribution in [0.2, 0.25) is 0 Å². The van der Waals surface area contributed by atoms with E-state index in [2.05, 4.69) is 10.6 Å². The van der Waals surface area contributed by atoms with E-state index < -0.39 is 0 Å². The normalized spacial score (nSPS) is 10.7. The van der Waals surface area contributed by atoms with E-state index in [1.54, 1.807) is 34.2 Å². The van der Waals surface area contributed by atoms with Gasteiger partial charge in [0.15, 0.2) is 0 Å². The van der Waals surface area contributed by atoms with Crippen LogP contribution in [0.15, 0.2) is 34.4 Å². The van der Waals surface area contributed by atoms with Gasteiger partial charge in [-0.25, -0.2) is 0 Å². The molecule has 0 unspecified atom stereocenters. The maximum atomic E-state index is 12.3. The third kappa shape index (κ3) is 5.29. The first-order valence-corrected chi connectivity index (χ1v) is 9.08. The second kappa shape index (κ2) is 8.62. The van der Waals surface area contributed by atoms with Crippen molar-refractivity contribution >= 4 is 28.8 Å². The van der Waals surface area contributed by atoms with Crippen molar-refractivity contribution in [1.29, 1.82) is 0 Å². The summed E-state index contributed by atoms with van der Waals surface area (Å²) >= 11 is 1.12. The van der Waals surface area contributed by atoms with Crippen molar-refractivity contribution in [3.8, 4) is 0 Å². The van der Waals surface area contributed by atoms with Gasteiger partial charge in [0.1, 0.15) is 0 Å². The van der Waals surface area contributed by atoms with E-state index in [4.69, 9.17) is 0 Å². The second-order valence-corrected chi connectivity index (χ2v) is 7.06. The summed E-state index contributed by atoms with van der Waals surface area (Å²) in [5.74, 6) is -0.103. The number of hydrogen-bond acceptors (Lipinski definition) is 4. The summed E-state index contributed by atoms with van der Waals surface area (Å²) < 4.78 is 1.57. The number of amides is 2. The van der Waals surface area contributed by atoms with E-state index in [9.17, 15) is 14.4 Å². The van der Waals surface area contributed by atoms with Crippen molar-refractivity contribution in [3.63, 3.8) is 0 Å². The Labute approximate surface area is 150 Å². The Kier molecular flexibility index (Phi) is 6.52. The number of para-hydroxylation sites is 1. The number of aryl methyl sites for hydroxylation is 1. The van der Waals surface area contributed by atoms with Crippen LogP contribution in [0.3, 0.4) is 0 Å². The summed E-state index contributed by atoms with van der Waals surface area (Å²) in [5.41, 5.74) is 1.75. The number of carbonyl (C=O) groups is 2. The van der Waals surface area contributed by atoms with Crippen LogP contribution >= 0.6 is 11.3 Å². The molecule has 2 rings (SSSR count). The van der Waals surface area contributed by atoms with E-state index in [1.165, 1.54) is 0 Å². The van der Waals surface area contributed by atoms with Crippen LogP contribution in [0, 0.1) is 12.8 Å². The fraction of sp³-hybridized carbons (Fsp3) is 0.389. The molecular formula is C18H23N3O3S. The van der Waals surface area contributed by atoms with Crippen molar-refractivity contribution in [2.24, 2.45) is 5.92 Å². The van der Waals surface area contributed by atoms with E-state index in [-0.39, 0.29) is 23.1 Å². The van der Waals surface area contributed by atoms with Gasteiger partial charge in [0.05, 0.1) is 11.3 Å². The number of anilines is 1. The lowest BCUT2D eigenvalue weighted by atomic mass is 10.1. The Bertz CT molecular complexity index is 808. The SMILES string of the molecule is Cc1csc(=O)n1CCC(=O)Nc1ccccc1C(=O)NCC(C)C. The fourth-order valence-electron chi connectivity index (χ4n) is 2.28. The predicted molar refractivity (Wildman–Crippen MR) is 100 cm³/mol. The Balaban J connectivity index is 2.01. The number of nitrogens with one attached hydrogen (secondary N) is 2. The highest BCUT2D eigenvalue weighted by molar-refractivity contribution is 7.07. The van der Waals surface area contributed by atoms with Crippen molar-refractivity contribution in [3.05, 3.63) is 50.6 Å². The van der Waals surface area contributed by atoms with Gasteiger partial charge >= 0.3 is 4.87 Å². The molecule has 2 aromatic rings. The zero-order valence-electron chi connectivity index (χ0n) is 14.7. The molecule has 0 aliphatic rings. The van der Waals surface area contributed by atoms with Gasteiger partial charge in [-0.15, -0.1) is 0 Å². The number of thiazole rings is 1. The Morgan fingerprint density at radius 3 is 2.60 bits per heavy atom. The van der Waals surface area contributed by atoms with Crippen molar-refractivity contribution in [2.45, 2.75) is 33.7 Å². The molecule has 2 amide bonds. The minimum absolute atomic E-state index is 0.0706. The first kappa shape index (κ1) is 18.9. The van der Waals surface area contributed by atoms with Gasteiger partial charge in [-0.1, -0.05) is 37.3 Å². The third-order valence-corrected chi connectivity index (χ3v) is 4.54. The summed E-state index contributed by atoms with van der Waals surface area (Å²) in [6.07, 6.45) is 0.166. The molecule has 0 aliphatic carbocycles. The lowest BCUT2D eigenvalue weighted by Gasteiger charge is -2.12. The van der Waals surface area contributed by atoms with Crippen LogP contribution in [0.5, 0.6) is 0 Å². The van der Waals surface area contributed by atoms with Crippen LogP contribution in [0.4, 0.5) is 5.69 Å². The molecule has 0 atom stereocenters. The Hall–Kier alpha value is -2.41. The first-order valence-electron chi connectivity index (χ1n) is 8.20. The Morgan fingerprint density at radius 1 is 1.24 bits per heavy atom. The molecule has 0 radical (unpaired) electrons. The van der Waals surface area contributed by atoms with E-state index in [0.717, 1.165) is 17.0 Å². The van der Waals surface area contributed by atoms with Crippen LogP contribution in [-0.2, 0) is 11.3 Å². The van der Waals surface area contributed by atoms with E-state index in [0.29, 0.717) is 30.3 Å². The third-order valence-electron chi connectivity index (χ3n) is 3.66. The minimum Gasteiger partial charge on any atom is -0.352 e. The van der Waals surface area contributed by atoms with Crippen molar-refractivity contribution < 1.29 is 9.59 Å². The summed E-state index contributed by atoms with van der Waals surface area (Å²) in [4.78, 5) is 36.1.